The Hall–Kier alpha value is -2.73. The lowest BCUT2D eigenvalue weighted by Gasteiger charge is -2.28. The molecule has 1 aromatic heterocycles. The quantitative estimate of drug-likeness (QED) is 0.190. The van der Waals surface area contributed by atoms with Crippen molar-refractivity contribution in [2.75, 3.05) is 50.7 Å². The van der Waals surface area contributed by atoms with Gasteiger partial charge in [-0.1, -0.05) is 24.0 Å². The van der Waals surface area contributed by atoms with E-state index in [0.717, 1.165) is 0 Å². The first kappa shape index (κ1) is 28.3. The maximum Gasteiger partial charge on any atom is 0.393 e. The fraction of sp³-hybridized carbons (Fsp3) is 0.407. The third-order valence-electron chi connectivity index (χ3n) is 6.32. The van der Waals surface area contributed by atoms with Crippen LogP contribution in [0.3, 0.4) is 0 Å². The normalized spacial score (nSPS) is 18.1. The number of methoxy groups -OCH3 is 1. The molecule has 0 saturated carbocycles. The zero-order valence-corrected chi connectivity index (χ0v) is 23.0. The summed E-state index contributed by atoms with van der Waals surface area (Å²) in [6.07, 6.45) is -6.02. The van der Waals surface area contributed by atoms with Crippen LogP contribution in [0.15, 0.2) is 36.4 Å². The highest BCUT2D eigenvalue weighted by Crippen LogP contribution is 2.40. The number of hydrogen-bond acceptors (Lipinski definition) is 6. The molecule has 2 aromatic carbocycles. The largest absolute Gasteiger partial charge is 0.495 e. The highest BCUT2D eigenvalue weighted by atomic mass is 32.1. The summed E-state index contributed by atoms with van der Waals surface area (Å²) in [4.78, 5) is 0.329. The Morgan fingerprint density at radius 2 is 2.00 bits per heavy atom. The molecule has 0 amide bonds. The molecule has 0 aliphatic carbocycles. The highest BCUT2D eigenvalue weighted by Gasteiger charge is 2.31. The van der Waals surface area contributed by atoms with Crippen LogP contribution in [0, 0.1) is 11.8 Å². The van der Waals surface area contributed by atoms with E-state index < -0.39 is 32.0 Å². The van der Waals surface area contributed by atoms with Crippen molar-refractivity contribution in [1.82, 2.24) is 5.32 Å². The smallest absolute Gasteiger partial charge is 0.393 e. The van der Waals surface area contributed by atoms with Crippen LogP contribution < -0.4 is 26.0 Å². The average Bonchev–Trinajstić information content (AvgIpc) is 3.19. The molecule has 38 heavy (non-hydrogen) atoms. The van der Waals surface area contributed by atoms with Crippen LogP contribution >= 0.6 is 18.5 Å². The van der Waals surface area contributed by atoms with Gasteiger partial charge in [-0.2, -0.15) is 13.2 Å². The van der Waals surface area contributed by atoms with Crippen LogP contribution in [0.1, 0.15) is 16.9 Å². The number of halogens is 4. The Bertz CT molecular complexity index is 1410. The highest BCUT2D eigenvalue weighted by molar-refractivity contribution is 7.70. The van der Waals surface area contributed by atoms with Crippen molar-refractivity contribution in [3.63, 3.8) is 0 Å². The molecular formula is C27H30F4N3O2PS. The van der Waals surface area contributed by atoms with Gasteiger partial charge in [0, 0.05) is 11.8 Å². The van der Waals surface area contributed by atoms with Crippen molar-refractivity contribution in [1.29, 1.82) is 0 Å². The van der Waals surface area contributed by atoms with E-state index in [1.165, 1.54) is 18.4 Å². The zero-order valence-electron chi connectivity index (χ0n) is 21.3. The summed E-state index contributed by atoms with van der Waals surface area (Å²) in [6, 6.07) is 9.92. The van der Waals surface area contributed by atoms with Crippen LogP contribution in [0.2, 0.25) is 0 Å². The second-order valence-corrected chi connectivity index (χ2v) is 13.8. The fourth-order valence-corrected chi connectivity index (χ4v) is 6.40. The number of anilines is 2. The standard InChI is InChI=1S/C27H30F4N3O2PS/c1-36-24-14-17(37(2,3)35)9-10-22(24)33-12-5-8-25-19(15-27(29,30)31)18-6-4-7-23(26(18)38-25)34-21-11-13-32-16-20(21)28/h4,6-7,9-10,14,20-21,32-34H,11-13,15-16H2,1-3H3/t20-,21?/m0/s1. The Morgan fingerprint density at radius 1 is 1.21 bits per heavy atom. The lowest BCUT2D eigenvalue weighted by atomic mass is 10.0. The number of benzene rings is 2. The number of rotatable bonds is 7. The zero-order chi connectivity index (χ0) is 27.5. The summed E-state index contributed by atoms with van der Waals surface area (Å²) >= 11 is 1.18. The van der Waals surface area contributed by atoms with E-state index in [1.807, 2.05) is 0 Å². The molecule has 0 radical (unpaired) electrons. The number of thiophene rings is 1. The molecule has 3 aromatic rings. The van der Waals surface area contributed by atoms with Gasteiger partial charge in [-0.15, -0.1) is 11.3 Å². The van der Waals surface area contributed by atoms with E-state index in [0.29, 0.717) is 50.4 Å². The van der Waals surface area contributed by atoms with E-state index >= 15 is 0 Å². The second kappa shape index (κ2) is 11.6. The van der Waals surface area contributed by atoms with Gasteiger partial charge in [-0.3, -0.25) is 0 Å². The van der Waals surface area contributed by atoms with Crippen LogP contribution in [-0.4, -0.2) is 58.5 Å². The second-order valence-electron chi connectivity index (χ2n) is 9.53. The minimum atomic E-state index is -4.40. The Balaban J connectivity index is 1.61. The summed E-state index contributed by atoms with van der Waals surface area (Å²) < 4.78 is 73.3. The molecule has 1 aliphatic heterocycles. The molecule has 1 unspecified atom stereocenters. The lowest BCUT2D eigenvalue weighted by Crippen LogP contribution is -2.45. The van der Waals surface area contributed by atoms with E-state index in [2.05, 4.69) is 27.8 Å². The molecule has 5 nitrogen and oxygen atoms in total. The summed E-state index contributed by atoms with van der Waals surface area (Å²) in [7, 11) is -0.955. The summed E-state index contributed by atoms with van der Waals surface area (Å²) in [5, 5.41) is 10.5. The molecule has 2 heterocycles. The molecule has 1 fully saturated rings. The van der Waals surface area contributed by atoms with Gasteiger partial charge >= 0.3 is 6.18 Å². The van der Waals surface area contributed by atoms with Gasteiger partial charge in [0.15, 0.2) is 0 Å². The first-order valence-corrected chi connectivity index (χ1v) is 15.6. The van der Waals surface area contributed by atoms with E-state index in [-0.39, 0.29) is 18.7 Å². The average molecular weight is 568 g/mol. The number of nitrogens with one attached hydrogen (secondary N) is 3. The molecule has 3 N–H and O–H groups in total. The van der Waals surface area contributed by atoms with Gasteiger partial charge in [-0.25, -0.2) is 4.39 Å². The molecule has 1 aliphatic rings. The molecule has 4 rings (SSSR count). The van der Waals surface area contributed by atoms with E-state index in [9.17, 15) is 22.1 Å². The maximum absolute atomic E-state index is 14.4. The van der Waals surface area contributed by atoms with Crippen LogP contribution in [-0.2, 0) is 11.0 Å². The number of fused-ring (bicyclic) bond motifs is 1. The predicted octanol–water partition coefficient (Wildman–Crippen LogP) is 5.84. The fourth-order valence-electron chi connectivity index (χ4n) is 4.37. The van der Waals surface area contributed by atoms with E-state index in [4.69, 9.17) is 4.74 Å². The van der Waals surface area contributed by atoms with E-state index in [1.54, 1.807) is 49.7 Å². The van der Waals surface area contributed by atoms with Crippen molar-refractivity contribution >= 4 is 45.2 Å². The first-order chi connectivity index (χ1) is 18.0. The number of hydrogen-bond donors (Lipinski definition) is 3. The van der Waals surface area contributed by atoms with Crippen LogP contribution in [0.4, 0.5) is 28.9 Å². The predicted molar refractivity (Wildman–Crippen MR) is 149 cm³/mol. The van der Waals surface area contributed by atoms with Crippen molar-refractivity contribution in [2.45, 2.75) is 31.2 Å². The van der Waals surface area contributed by atoms with Crippen LogP contribution in [0.5, 0.6) is 5.75 Å². The monoisotopic (exact) mass is 567 g/mol. The molecule has 0 bridgehead atoms. The van der Waals surface area contributed by atoms with Crippen molar-refractivity contribution in [2.24, 2.45) is 0 Å². The first-order valence-electron chi connectivity index (χ1n) is 12.1. The van der Waals surface area contributed by atoms with Gasteiger partial charge in [0.05, 0.1) is 47.1 Å². The SMILES string of the molecule is COc1cc(P(C)(C)=O)ccc1NCC#Cc1sc2c(NC3CCNC[C@@H]3F)cccc2c1CC(F)(F)F. The molecule has 2 atom stereocenters. The van der Waals surface area contributed by atoms with Gasteiger partial charge in [0.25, 0.3) is 0 Å². The van der Waals surface area contributed by atoms with Crippen molar-refractivity contribution in [3.8, 4) is 17.6 Å². The molecular weight excluding hydrogens is 537 g/mol. The maximum atomic E-state index is 14.4. The molecule has 1 saturated heterocycles. The third-order valence-corrected chi connectivity index (χ3v) is 9.04. The Labute approximate surface area is 223 Å². The molecule has 204 valence electrons. The lowest BCUT2D eigenvalue weighted by molar-refractivity contribution is -0.126. The number of alkyl halides is 4. The Morgan fingerprint density at radius 3 is 2.68 bits per heavy atom. The van der Waals surface area contributed by atoms with Gasteiger partial charge < -0.3 is 25.3 Å². The van der Waals surface area contributed by atoms with Crippen LogP contribution in [0.25, 0.3) is 10.1 Å². The summed E-state index contributed by atoms with van der Waals surface area (Å²) in [5.74, 6) is 6.35. The van der Waals surface area contributed by atoms with Gasteiger partial charge in [-0.05, 0) is 61.5 Å². The Kier molecular flexibility index (Phi) is 8.61. The third kappa shape index (κ3) is 6.82. The van der Waals surface area contributed by atoms with Crippen molar-refractivity contribution in [3.05, 3.63) is 46.8 Å². The minimum Gasteiger partial charge on any atom is -0.495 e. The van der Waals surface area contributed by atoms with Gasteiger partial charge in [0.2, 0.25) is 0 Å². The summed E-state index contributed by atoms with van der Waals surface area (Å²) in [5.41, 5.74) is 1.38. The van der Waals surface area contributed by atoms with Gasteiger partial charge in [0.1, 0.15) is 19.1 Å². The molecule has 11 heteroatoms. The number of piperidine rings is 1. The van der Waals surface area contributed by atoms with Crippen molar-refractivity contribution < 1.29 is 26.9 Å². The number of ether oxygens (including phenoxy) is 1. The molecule has 0 spiro atoms. The summed E-state index contributed by atoms with van der Waals surface area (Å²) in [6.45, 7) is 4.42. The topological polar surface area (TPSA) is 62.4 Å². The minimum absolute atomic E-state index is 0.124.